The summed E-state index contributed by atoms with van der Waals surface area (Å²) in [4.78, 5) is 0. The third kappa shape index (κ3) is 3.04. The number of nitrogens with zero attached hydrogens (tertiary/aromatic N) is 2. The number of aliphatic hydroxyl groups excluding tert-OH is 1. The Bertz CT molecular complexity index is 303. The fourth-order valence-electron chi connectivity index (χ4n) is 1.97. The van der Waals surface area contributed by atoms with E-state index in [0.29, 0.717) is 12.7 Å². The highest BCUT2D eigenvalue weighted by molar-refractivity contribution is 5.01. The van der Waals surface area contributed by atoms with Crippen molar-refractivity contribution in [2.75, 3.05) is 0 Å². The molecule has 15 heavy (non-hydrogen) atoms. The second-order valence-corrected chi connectivity index (χ2v) is 4.26. The Kier molecular flexibility index (Phi) is 3.38. The summed E-state index contributed by atoms with van der Waals surface area (Å²) in [5.41, 5.74) is 1.11. The molecule has 1 N–H and O–H groups in total. The summed E-state index contributed by atoms with van der Waals surface area (Å²) in [5.74, 6) is 0. The van der Waals surface area contributed by atoms with Gasteiger partial charge in [-0.2, -0.15) is 5.10 Å². The first kappa shape index (κ1) is 10.6. The van der Waals surface area contributed by atoms with E-state index in [2.05, 4.69) is 5.10 Å². The largest absolute Gasteiger partial charge is 0.393 e. The minimum atomic E-state index is -0.108. The molecule has 1 fully saturated rings. The van der Waals surface area contributed by atoms with Gasteiger partial charge in [-0.25, -0.2) is 0 Å². The highest BCUT2D eigenvalue weighted by Gasteiger charge is 2.19. The molecule has 0 spiro atoms. The van der Waals surface area contributed by atoms with Crippen LogP contribution in [-0.2, 0) is 18.4 Å². The van der Waals surface area contributed by atoms with Gasteiger partial charge >= 0.3 is 0 Å². The Morgan fingerprint density at radius 2 is 2.20 bits per heavy atom. The van der Waals surface area contributed by atoms with Crippen LogP contribution < -0.4 is 0 Å². The van der Waals surface area contributed by atoms with Gasteiger partial charge in [0.25, 0.3) is 0 Å². The number of hydrogen-bond acceptors (Lipinski definition) is 3. The van der Waals surface area contributed by atoms with E-state index in [4.69, 9.17) is 4.74 Å². The molecule has 1 aliphatic rings. The van der Waals surface area contributed by atoms with Crippen LogP contribution in [0.25, 0.3) is 0 Å². The van der Waals surface area contributed by atoms with Gasteiger partial charge in [-0.15, -0.1) is 0 Å². The summed E-state index contributed by atoms with van der Waals surface area (Å²) < 4.78 is 7.55. The van der Waals surface area contributed by atoms with Gasteiger partial charge in [0.2, 0.25) is 0 Å². The Morgan fingerprint density at radius 3 is 2.80 bits per heavy atom. The molecule has 1 saturated carbocycles. The molecule has 4 nitrogen and oxygen atoms in total. The standard InChI is InChI=1S/C11H18N2O2/c1-13-7-9(6-12-13)8-15-11-4-2-10(14)3-5-11/h6-7,10-11,14H,2-5,8H2,1H3. The molecule has 2 rings (SSSR count). The number of hydrogen-bond donors (Lipinski definition) is 1. The van der Waals surface area contributed by atoms with Gasteiger partial charge in [0.1, 0.15) is 0 Å². The van der Waals surface area contributed by atoms with Crippen molar-refractivity contribution in [2.45, 2.75) is 44.5 Å². The average molecular weight is 210 g/mol. The van der Waals surface area contributed by atoms with Gasteiger partial charge in [0.05, 0.1) is 25.0 Å². The minimum absolute atomic E-state index is 0.108. The predicted molar refractivity (Wildman–Crippen MR) is 56.3 cm³/mol. The first-order chi connectivity index (χ1) is 7.24. The van der Waals surface area contributed by atoms with E-state index in [1.807, 2.05) is 19.4 Å². The van der Waals surface area contributed by atoms with Crippen LogP contribution in [0.15, 0.2) is 12.4 Å². The molecule has 0 radical (unpaired) electrons. The lowest BCUT2D eigenvalue weighted by Crippen LogP contribution is -2.24. The summed E-state index contributed by atoms with van der Waals surface area (Å²) in [6.07, 6.45) is 7.70. The second-order valence-electron chi connectivity index (χ2n) is 4.26. The SMILES string of the molecule is Cn1cc(COC2CCC(O)CC2)cn1. The maximum Gasteiger partial charge on any atom is 0.0751 e. The molecule has 1 aromatic heterocycles. The van der Waals surface area contributed by atoms with Gasteiger partial charge in [-0.05, 0) is 25.7 Å². The zero-order chi connectivity index (χ0) is 10.7. The molecule has 1 aliphatic carbocycles. The molecule has 0 bridgehead atoms. The van der Waals surface area contributed by atoms with Crippen LogP contribution in [-0.4, -0.2) is 27.1 Å². The van der Waals surface area contributed by atoms with Crippen LogP contribution in [0.4, 0.5) is 0 Å². The summed E-state index contributed by atoms with van der Waals surface area (Å²) in [6, 6.07) is 0. The van der Waals surface area contributed by atoms with Crippen LogP contribution in [0, 0.1) is 0 Å². The number of aliphatic hydroxyl groups is 1. The second kappa shape index (κ2) is 4.77. The van der Waals surface area contributed by atoms with Crippen molar-refractivity contribution >= 4 is 0 Å². The normalized spacial score (nSPS) is 26.8. The molecular weight excluding hydrogens is 192 g/mol. The molecule has 1 heterocycles. The lowest BCUT2D eigenvalue weighted by atomic mass is 9.95. The lowest BCUT2D eigenvalue weighted by molar-refractivity contribution is -0.0118. The van der Waals surface area contributed by atoms with Crippen LogP contribution in [0.5, 0.6) is 0 Å². The number of rotatable bonds is 3. The van der Waals surface area contributed by atoms with Gasteiger partial charge in [0.15, 0.2) is 0 Å². The van der Waals surface area contributed by atoms with Gasteiger partial charge in [-0.3, -0.25) is 4.68 Å². The van der Waals surface area contributed by atoms with Crippen molar-refractivity contribution in [3.8, 4) is 0 Å². The van der Waals surface area contributed by atoms with Crippen LogP contribution in [0.1, 0.15) is 31.2 Å². The molecule has 1 aromatic rings. The molecule has 0 aromatic carbocycles. The molecule has 0 atom stereocenters. The highest BCUT2D eigenvalue weighted by atomic mass is 16.5. The summed E-state index contributed by atoms with van der Waals surface area (Å²) >= 11 is 0. The van der Waals surface area contributed by atoms with E-state index in [9.17, 15) is 5.11 Å². The van der Waals surface area contributed by atoms with E-state index >= 15 is 0 Å². The number of aryl methyl sites for hydroxylation is 1. The summed E-state index contributed by atoms with van der Waals surface area (Å²) in [5, 5.41) is 13.4. The predicted octanol–water partition coefficient (Wildman–Crippen LogP) is 1.24. The molecule has 84 valence electrons. The lowest BCUT2D eigenvalue weighted by Gasteiger charge is -2.25. The van der Waals surface area contributed by atoms with E-state index in [1.54, 1.807) is 4.68 Å². The number of aromatic nitrogens is 2. The van der Waals surface area contributed by atoms with E-state index in [0.717, 1.165) is 31.2 Å². The topological polar surface area (TPSA) is 47.3 Å². The zero-order valence-corrected chi connectivity index (χ0v) is 9.09. The van der Waals surface area contributed by atoms with E-state index < -0.39 is 0 Å². The maximum absolute atomic E-state index is 9.35. The van der Waals surface area contributed by atoms with Crippen molar-refractivity contribution in [3.63, 3.8) is 0 Å². The van der Waals surface area contributed by atoms with Crippen molar-refractivity contribution < 1.29 is 9.84 Å². The monoisotopic (exact) mass is 210 g/mol. The molecular formula is C11H18N2O2. The molecule has 0 saturated heterocycles. The Morgan fingerprint density at radius 1 is 1.47 bits per heavy atom. The van der Waals surface area contributed by atoms with Gasteiger partial charge < -0.3 is 9.84 Å². The summed E-state index contributed by atoms with van der Waals surface area (Å²) in [7, 11) is 1.90. The fraction of sp³-hybridized carbons (Fsp3) is 0.727. The first-order valence-electron chi connectivity index (χ1n) is 5.51. The number of ether oxygens (including phenoxy) is 1. The summed E-state index contributed by atoms with van der Waals surface area (Å²) in [6.45, 7) is 0.634. The molecule has 4 heteroatoms. The molecule has 0 unspecified atom stereocenters. The average Bonchev–Trinajstić information content (AvgIpc) is 2.64. The molecule has 0 aliphatic heterocycles. The molecule has 0 amide bonds. The Hall–Kier alpha value is -0.870. The zero-order valence-electron chi connectivity index (χ0n) is 9.09. The van der Waals surface area contributed by atoms with Crippen molar-refractivity contribution in [1.82, 2.24) is 9.78 Å². The highest BCUT2D eigenvalue weighted by Crippen LogP contribution is 2.21. The first-order valence-corrected chi connectivity index (χ1v) is 5.51. The third-order valence-corrected chi connectivity index (χ3v) is 2.89. The van der Waals surface area contributed by atoms with Crippen LogP contribution in [0.3, 0.4) is 0 Å². The fourth-order valence-corrected chi connectivity index (χ4v) is 1.97. The maximum atomic E-state index is 9.35. The quantitative estimate of drug-likeness (QED) is 0.816. The van der Waals surface area contributed by atoms with Crippen molar-refractivity contribution in [2.24, 2.45) is 7.05 Å². The van der Waals surface area contributed by atoms with Gasteiger partial charge in [0, 0.05) is 18.8 Å². The van der Waals surface area contributed by atoms with Crippen LogP contribution in [0.2, 0.25) is 0 Å². The minimum Gasteiger partial charge on any atom is -0.393 e. The van der Waals surface area contributed by atoms with E-state index in [1.165, 1.54) is 0 Å². The van der Waals surface area contributed by atoms with Gasteiger partial charge in [-0.1, -0.05) is 0 Å². The smallest absolute Gasteiger partial charge is 0.0751 e. The van der Waals surface area contributed by atoms with Crippen molar-refractivity contribution in [3.05, 3.63) is 18.0 Å². The van der Waals surface area contributed by atoms with Crippen LogP contribution >= 0.6 is 0 Å². The third-order valence-electron chi connectivity index (χ3n) is 2.89. The van der Waals surface area contributed by atoms with E-state index in [-0.39, 0.29) is 6.10 Å². The Labute approximate surface area is 89.9 Å². The Balaban J connectivity index is 1.74. The van der Waals surface area contributed by atoms with Crippen molar-refractivity contribution in [1.29, 1.82) is 0 Å².